The summed E-state index contributed by atoms with van der Waals surface area (Å²) in [7, 11) is 0. The molecule has 338 valence electrons. The summed E-state index contributed by atoms with van der Waals surface area (Å²) in [6, 6.07) is 57.0. The molecule has 0 radical (unpaired) electrons. The van der Waals surface area contributed by atoms with Crippen molar-refractivity contribution in [3.05, 3.63) is 317 Å². The fourth-order valence-electron chi connectivity index (χ4n) is 9.96. The van der Waals surface area contributed by atoms with Gasteiger partial charge in [0.05, 0.1) is 0 Å². The van der Waals surface area contributed by atoms with Gasteiger partial charge in [0.25, 0.3) is 0 Å². The average Bonchev–Trinajstić information content (AvgIpc) is 3.61. The number of rotatable bonds is 13. The first-order chi connectivity index (χ1) is 34.1. The van der Waals surface area contributed by atoms with Crippen molar-refractivity contribution in [3.8, 4) is 11.1 Å². The minimum absolute atomic E-state index is 0.111. The van der Waals surface area contributed by atoms with Gasteiger partial charge in [0, 0.05) is 23.5 Å². The standard InChI is InChI=1S/C62H52.C6H9N/c1-3-5-21-52(29-16-17-32-57(51-27-10-7-11-28-51)53-37-35-50(36-38-53)47-23-8-6-9-24-47)59-45-55-40-42-61(59)62(60-34-19-18-33-58(55)60)43-20-31-48-25-14-15-30-54(48)44-56(62)41-39-49-26-13-12-22-46(49)4-2;1-2-3-4-5-6-7/h3-41,44-45,57,61H,2,42-43H2,1H3;2-7H,1H3/b5-3+,29-16-,31-20-,32-17+,41-39-,52-21+,56-44-;3-2-,5-4-,7-6?. The molecule has 2 bridgehead atoms. The zero-order chi connectivity index (χ0) is 47.7. The first-order valence-corrected chi connectivity index (χ1v) is 24.1. The van der Waals surface area contributed by atoms with Crippen molar-refractivity contribution in [3.63, 3.8) is 0 Å². The fourth-order valence-corrected chi connectivity index (χ4v) is 9.96. The maximum Gasteiger partial charge on any atom is 0.0315 e. The van der Waals surface area contributed by atoms with Gasteiger partial charge in [0.2, 0.25) is 0 Å². The van der Waals surface area contributed by atoms with Crippen molar-refractivity contribution in [2.45, 2.75) is 38.0 Å². The second kappa shape index (κ2) is 23.5. The summed E-state index contributed by atoms with van der Waals surface area (Å²) in [5.74, 6) is 0.278. The van der Waals surface area contributed by atoms with E-state index in [1.165, 1.54) is 73.0 Å². The van der Waals surface area contributed by atoms with E-state index in [4.69, 9.17) is 5.41 Å². The van der Waals surface area contributed by atoms with Crippen molar-refractivity contribution in [2.24, 2.45) is 5.92 Å². The molecule has 0 saturated heterocycles. The summed E-state index contributed by atoms with van der Waals surface area (Å²) in [5, 5.41) is 6.54. The molecule has 4 aliphatic carbocycles. The summed E-state index contributed by atoms with van der Waals surface area (Å²) in [6.07, 6.45) is 45.0. The molecule has 0 amide bonds. The lowest BCUT2D eigenvalue weighted by atomic mass is 9.58. The maximum atomic E-state index is 6.54. The van der Waals surface area contributed by atoms with Crippen molar-refractivity contribution >= 4 is 36.1 Å². The summed E-state index contributed by atoms with van der Waals surface area (Å²) in [4.78, 5) is 0. The van der Waals surface area contributed by atoms with Gasteiger partial charge in [-0.25, -0.2) is 0 Å². The lowest BCUT2D eigenvalue weighted by molar-refractivity contribution is 0.375. The minimum Gasteiger partial charge on any atom is -0.309 e. The largest absolute Gasteiger partial charge is 0.309 e. The van der Waals surface area contributed by atoms with E-state index in [-0.39, 0.29) is 17.3 Å². The Morgan fingerprint density at radius 2 is 1.29 bits per heavy atom. The summed E-state index contributed by atoms with van der Waals surface area (Å²) >= 11 is 0. The number of hydrogen-bond acceptors (Lipinski definition) is 1. The average molecular weight is 892 g/mol. The molecule has 1 heteroatoms. The van der Waals surface area contributed by atoms with Crippen LogP contribution in [0.5, 0.6) is 0 Å². The normalized spacial score (nSPS) is 19.3. The topological polar surface area (TPSA) is 23.9 Å². The molecule has 0 aromatic heterocycles. The van der Waals surface area contributed by atoms with Crippen LogP contribution in [0.2, 0.25) is 0 Å². The SMILES string of the molecule is C/C=C\C=C/C=N.C=Cc1ccccc1/C=C\C1=C\c2ccccc2/C=C\CC12c1ccccc1C1=CCC2C(C(/C=C\C=C\C(c2ccccc2)c2ccc(-c3ccccc3)cc2)=C/C=C/C)=C1. The lowest BCUT2D eigenvalue weighted by Gasteiger charge is -2.44. The molecular formula is C68H61N. The van der Waals surface area contributed by atoms with Crippen LogP contribution in [0, 0.1) is 11.3 Å². The second-order valence-electron chi connectivity index (χ2n) is 17.4. The Hall–Kier alpha value is -8.13. The monoisotopic (exact) mass is 891 g/mol. The van der Waals surface area contributed by atoms with Gasteiger partial charge in [-0.2, -0.15) is 0 Å². The quantitative estimate of drug-likeness (QED) is 0.0882. The highest BCUT2D eigenvalue weighted by Gasteiger charge is 2.48. The third kappa shape index (κ3) is 11.0. The van der Waals surface area contributed by atoms with Gasteiger partial charge >= 0.3 is 0 Å². The van der Waals surface area contributed by atoms with E-state index >= 15 is 0 Å². The molecule has 4 aliphatic rings. The van der Waals surface area contributed by atoms with Gasteiger partial charge in [-0.15, -0.1) is 0 Å². The Kier molecular flexibility index (Phi) is 16.2. The molecule has 3 atom stereocenters. The van der Waals surface area contributed by atoms with Crippen molar-refractivity contribution < 1.29 is 0 Å². The third-order valence-electron chi connectivity index (χ3n) is 13.3. The van der Waals surface area contributed by atoms with Gasteiger partial charge in [0.1, 0.15) is 0 Å². The third-order valence-corrected chi connectivity index (χ3v) is 13.3. The van der Waals surface area contributed by atoms with Crippen molar-refractivity contribution in [1.29, 1.82) is 5.41 Å². The highest BCUT2D eigenvalue weighted by atomic mass is 14.5. The van der Waals surface area contributed by atoms with E-state index in [0.29, 0.717) is 0 Å². The molecular weight excluding hydrogens is 831 g/mol. The van der Waals surface area contributed by atoms with Crippen LogP contribution >= 0.6 is 0 Å². The molecule has 1 N–H and O–H groups in total. The Morgan fingerprint density at radius 1 is 0.623 bits per heavy atom. The first kappa shape index (κ1) is 47.4. The predicted molar refractivity (Wildman–Crippen MR) is 300 cm³/mol. The molecule has 0 saturated carbocycles. The van der Waals surface area contributed by atoms with Gasteiger partial charge in [-0.05, 0) is 111 Å². The Balaban J connectivity index is 0.000000853. The van der Waals surface area contributed by atoms with Gasteiger partial charge in [-0.3, -0.25) is 0 Å². The Morgan fingerprint density at radius 3 is 2.04 bits per heavy atom. The molecule has 6 aromatic rings. The molecule has 0 heterocycles. The van der Waals surface area contributed by atoms with Crippen LogP contribution in [0.1, 0.15) is 77.1 Å². The van der Waals surface area contributed by atoms with Crippen LogP contribution in [0.3, 0.4) is 0 Å². The van der Waals surface area contributed by atoms with Crippen LogP contribution in [0.25, 0.3) is 41.0 Å². The van der Waals surface area contributed by atoms with Crippen LogP contribution in [0.15, 0.2) is 272 Å². The highest BCUT2D eigenvalue weighted by Crippen LogP contribution is 2.57. The highest BCUT2D eigenvalue weighted by molar-refractivity contribution is 5.85. The zero-order valence-corrected chi connectivity index (χ0v) is 39.8. The smallest absolute Gasteiger partial charge is 0.0315 e. The minimum atomic E-state index is -0.357. The molecule has 1 spiro atoms. The Bertz CT molecular complexity index is 3080. The number of nitrogens with one attached hydrogen (secondary N) is 1. The lowest BCUT2D eigenvalue weighted by Crippen LogP contribution is -2.38. The zero-order valence-electron chi connectivity index (χ0n) is 39.8. The summed E-state index contributed by atoms with van der Waals surface area (Å²) in [6.45, 7) is 8.18. The van der Waals surface area contributed by atoms with E-state index in [1.54, 1.807) is 6.08 Å². The Labute approximate surface area is 411 Å². The van der Waals surface area contributed by atoms with Crippen LogP contribution in [-0.2, 0) is 5.41 Å². The van der Waals surface area contributed by atoms with Gasteiger partial charge in [0.15, 0.2) is 0 Å². The van der Waals surface area contributed by atoms with Crippen LogP contribution in [-0.4, -0.2) is 6.21 Å². The molecule has 0 fully saturated rings. The fraction of sp³-hybridized carbons (Fsp3) is 0.103. The van der Waals surface area contributed by atoms with E-state index in [2.05, 4.69) is 256 Å². The number of fused-ring (bicyclic) bond motifs is 2. The predicted octanol–water partition coefficient (Wildman–Crippen LogP) is 18.0. The van der Waals surface area contributed by atoms with Gasteiger partial charge < -0.3 is 5.41 Å². The number of benzene rings is 6. The van der Waals surface area contributed by atoms with Crippen LogP contribution < -0.4 is 0 Å². The molecule has 1 nitrogen and oxygen atoms in total. The molecule has 10 rings (SSSR count). The first-order valence-electron chi connectivity index (χ1n) is 24.1. The van der Waals surface area contributed by atoms with E-state index in [9.17, 15) is 0 Å². The molecule has 6 aromatic carbocycles. The van der Waals surface area contributed by atoms with Gasteiger partial charge in [-0.1, -0.05) is 274 Å². The number of hydrogen-bond donors (Lipinski definition) is 1. The molecule has 0 aliphatic heterocycles. The van der Waals surface area contributed by atoms with E-state index < -0.39 is 0 Å². The maximum absolute atomic E-state index is 6.54. The van der Waals surface area contributed by atoms with Crippen LogP contribution in [0.4, 0.5) is 0 Å². The van der Waals surface area contributed by atoms with Crippen molar-refractivity contribution in [1.82, 2.24) is 0 Å². The molecule has 69 heavy (non-hydrogen) atoms. The summed E-state index contributed by atoms with van der Waals surface area (Å²) in [5.41, 5.74) is 17.3. The number of allylic oxidation sites excluding steroid dienone is 19. The molecule has 3 unspecified atom stereocenters. The van der Waals surface area contributed by atoms with E-state index in [0.717, 1.165) is 24.0 Å². The second-order valence-corrected chi connectivity index (χ2v) is 17.4. The van der Waals surface area contributed by atoms with E-state index in [1.807, 2.05) is 31.2 Å². The summed E-state index contributed by atoms with van der Waals surface area (Å²) < 4.78 is 0. The van der Waals surface area contributed by atoms with Crippen molar-refractivity contribution in [2.75, 3.05) is 0 Å².